The van der Waals surface area contributed by atoms with E-state index in [1.54, 1.807) is 24.3 Å². The summed E-state index contributed by atoms with van der Waals surface area (Å²) in [5.41, 5.74) is 0.673. The zero-order valence-corrected chi connectivity index (χ0v) is 11.2. The van der Waals surface area contributed by atoms with Gasteiger partial charge in [-0.15, -0.1) is 0 Å². The highest BCUT2D eigenvalue weighted by Gasteiger charge is 2.33. The molecule has 4 nitrogen and oxygen atoms in total. The lowest BCUT2D eigenvalue weighted by Crippen LogP contribution is -2.37. The molecule has 2 N–H and O–H groups in total. The molecule has 0 radical (unpaired) electrons. The molecule has 5 heteroatoms. The minimum atomic E-state index is -1.14. The Morgan fingerprint density at radius 3 is 2.74 bits per heavy atom. The van der Waals surface area contributed by atoms with Crippen LogP contribution in [0.2, 0.25) is 5.02 Å². The fourth-order valence-electron chi connectivity index (χ4n) is 2.62. The number of Topliss-reactive ketones (excluding diaryl/α,β-unsaturated/α-hetero) is 1. The molecular formula is C14H16ClNO3. The number of hydrogen-bond acceptors (Lipinski definition) is 2. The van der Waals surface area contributed by atoms with Crippen LogP contribution in [0, 0.1) is 5.92 Å². The Balaban J connectivity index is 2.32. The lowest BCUT2D eigenvalue weighted by atomic mass is 9.80. The van der Waals surface area contributed by atoms with Gasteiger partial charge in [0, 0.05) is 17.4 Å². The number of halogens is 1. The minimum absolute atomic E-state index is 0.116. The molecule has 0 bridgehead atoms. The second-order valence-corrected chi connectivity index (χ2v) is 5.17. The number of carbonyl (C=O) groups is 2. The zero-order valence-electron chi connectivity index (χ0n) is 10.4. The summed E-state index contributed by atoms with van der Waals surface area (Å²) < 4.78 is 0. The number of ketones is 1. The first-order valence-electron chi connectivity index (χ1n) is 6.36. The molecule has 1 saturated carbocycles. The zero-order chi connectivity index (χ0) is 13.8. The molecule has 19 heavy (non-hydrogen) atoms. The second-order valence-electron chi connectivity index (χ2n) is 4.77. The van der Waals surface area contributed by atoms with Crippen LogP contribution in [0.5, 0.6) is 0 Å². The van der Waals surface area contributed by atoms with Crippen molar-refractivity contribution in [3.8, 4) is 0 Å². The van der Waals surface area contributed by atoms with Crippen molar-refractivity contribution in [2.45, 2.75) is 31.7 Å². The van der Waals surface area contributed by atoms with Crippen molar-refractivity contribution in [2.75, 3.05) is 0 Å². The number of benzene rings is 1. The van der Waals surface area contributed by atoms with Gasteiger partial charge in [0.15, 0.2) is 0 Å². The van der Waals surface area contributed by atoms with Gasteiger partial charge in [-0.3, -0.25) is 4.79 Å². The molecule has 0 aliphatic heterocycles. The molecule has 1 fully saturated rings. The standard InChI is InChI=1S/C14H16ClNO3/c15-11-7-3-1-5-9(11)13(16-14(18)19)10-6-2-4-8-12(10)17/h1,3,5,7,10,13,16H,2,4,6,8H2,(H,18,19). The van der Waals surface area contributed by atoms with Gasteiger partial charge in [-0.1, -0.05) is 36.2 Å². The van der Waals surface area contributed by atoms with E-state index in [2.05, 4.69) is 5.32 Å². The average Bonchev–Trinajstić information content (AvgIpc) is 2.37. The summed E-state index contributed by atoms with van der Waals surface area (Å²) in [7, 11) is 0. The topological polar surface area (TPSA) is 66.4 Å². The van der Waals surface area contributed by atoms with E-state index in [1.165, 1.54) is 0 Å². The predicted octanol–water partition coefficient (Wildman–Crippen LogP) is 3.41. The van der Waals surface area contributed by atoms with Crippen molar-refractivity contribution in [2.24, 2.45) is 5.92 Å². The molecule has 0 spiro atoms. The SMILES string of the molecule is O=C(O)NC(c1ccccc1Cl)C1CCCCC1=O. The van der Waals surface area contributed by atoms with Gasteiger partial charge >= 0.3 is 6.09 Å². The highest BCUT2D eigenvalue weighted by atomic mass is 35.5. The Morgan fingerprint density at radius 2 is 2.11 bits per heavy atom. The highest BCUT2D eigenvalue weighted by molar-refractivity contribution is 6.31. The fourth-order valence-corrected chi connectivity index (χ4v) is 2.87. The average molecular weight is 282 g/mol. The summed E-state index contributed by atoms with van der Waals surface area (Å²) in [5, 5.41) is 11.9. The number of amides is 1. The van der Waals surface area contributed by atoms with E-state index in [1.807, 2.05) is 0 Å². The van der Waals surface area contributed by atoms with Crippen LogP contribution < -0.4 is 5.32 Å². The van der Waals surface area contributed by atoms with Gasteiger partial charge < -0.3 is 10.4 Å². The number of nitrogens with one attached hydrogen (secondary N) is 1. The lowest BCUT2D eigenvalue weighted by Gasteiger charge is -2.29. The van der Waals surface area contributed by atoms with Crippen LogP contribution in [0.15, 0.2) is 24.3 Å². The first-order valence-corrected chi connectivity index (χ1v) is 6.74. The van der Waals surface area contributed by atoms with Crippen molar-refractivity contribution in [3.63, 3.8) is 0 Å². The van der Waals surface area contributed by atoms with E-state index >= 15 is 0 Å². The summed E-state index contributed by atoms with van der Waals surface area (Å²) >= 11 is 6.13. The van der Waals surface area contributed by atoms with Gasteiger partial charge in [0.1, 0.15) is 5.78 Å². The number of carbonyl (C=O) groups excluding carboxylic acids is 1. The molecule has 1 aromatic rings. The van der Waals surface area contributed by atoms with E-state index in [0.717, 1.165) is 12.8 Å². The number of carboxylic acid groups (broad SMARTS) is 1. The van der Waals surface area contributed by atoms with E-state index in [9.17, 15) is 9.59 Å². The van der Waals surface area contributed by atoms with Crippen LogP contribution >= 0.6 is 11.6 Å². The Morgan fingerprint density at radius 1 is 1.37 bits per heavy atom. The monoisotopic (exact) mass is 281 g/mol. The molecule has 1 aliphatic carbocycles. The molecule has 0 saturated heterocycles. The first kappa shape index (κ1) is 13.9. The molecule has 1 aromatic carbocycles. The lowest BCUT2D eigenvalue weighted by molar-refractivity contribution is -0.125. The number of rotatable bonds is 3. The Kier molecular flexibility index (Phi) is 4.43. The Bertz CT molecular complexity index is 489. The van der Waals surface area contributed by atoms with Crippen molar-refractivity contribution < 1.29 is 14.7 Å². The van der Waals surface area contributed by atoms with Crippen LogP contribution in [0.1, 0.15) is 37.3 Å². The molecule has 1 amide bonds. The van der Waals surface area contributed by atoms with Crippen LogP contribution in [0.3, 0.4) is 0 Å². The van der Waals surface area contributed by atoms with Gasteiger partial charge in [-0.25, -0.2) is 4.79 Å². The van der Waals surface area contributed by atoms with Crippen LogP contribution in [0.25, 0.3) is 0 Å². The van der Waals surface area contributed by atoms with E-state index in [0.29, 0.717) is 23.4 Å². The molecule has 2 unspecified atom stereocenters. The fraction of sp³-hybridized carbons (Fsp3) is 0.429. The van der Waals surface area contributed by atoms with Crippen molar-refractivity contribution >= 4 is 23.5 Å². The van der Waals surface area contributed by atoms with E-state index in [-0.39, 0.29) is 11.7 Å². The largest absolute Gasteiger partial charge is 0.465 e. The first-order chi connectivity index (χ1) is 9.09. The third-order valence-corrected chi connectivity index (χ3v) is 3.87. The predicted molar refractivity (Wildman–Crippen MR) is 72.3 cm³/mol. The molecule has 1 aliphatic rings. The maximum atomic E-state index is 12.0. The second kappa shape index (κ2) is 6.06. The van der Waals surface area contributed by atoms with Crippen LogP contribution in [0.4, 0.5) is 4.79 Å². The third-order valence-electron chi connectivity index (χ3n) is 3.52. The molecule has 0 heterocycles. The maximum absolute atomic E-state index is 12.0. The summed E-state index contributed by atoms with van der Waals surface area (Å²) in [6.45, 7) is 0. The van der Waals surface area contributed by atoms with Crippen molar-refractivity contribution in [1.82, 2.24) is 5.32 Å². The highest BCUT2D eigenvalue weighted by Crippen LogP contribution is 2.35. The molecule has 2 rings (SSSR count). The van der Waals surface area contributed by atoms with Gasteiger partial charge in [0.05, 0.1) is 6.04 Å². The van der Waals surface area contributed by atoms with Crippen molar-refractivity contribution in [3.05, 3.63) is 34.9 Å². The maximum Gasteiger partial charge on any atom is 0.405 e. The summed E-state index contributed by atoms with van der Waals surface area (Å²) in [6, 6.07) is 6.50. The smallest absolute Gasteiger partial charge is 0.405 e. The van der Waals surface area contributed by atoms with E-state index < -0.39 is 12.1 Å². The van der Waals surface area contributed by atoms with Crippen molar-refractivity contribution in [1.29, 1.82) is 0 Å². The third kappa shape index (κ3) is 3.26. The minimum Gasteiger partial charge on any atom is -0.465 e. The van der Waals surface area contributed by atoms with Crippen LogP contribution in [-0.2, 0) is 4.79 Å². The normalized spacial score (nSPS) is 20.9. The van der Waals surface area contributed by atoms with Crippen LogP contribution in [-0.4, -0.2) is 17.0 Å². The quantitative estimate of drug-likeness (QED) is 0.892. The van der Waals surface area contributed by atoms with Gasteiger partial charge in [-0.2, -0.15) is 0 Å². The number of hydrogen-bond donors (Lipinski definition) is 2. The van der Waals surface area contributed by atoms with Gasteiger partial charge in [-0.05, 0) is 24.5 Å². The molecular weight excluding hydrogens is 266 g/mol. The Labute approximate surface area is 116 Å². The Hall–Kier alpha value is -1.55. The van der Waals surface area contributed by atoms with Gasteiger partial charge in [0.25, 0.3) is 0 Å². The summed E-state index contributed by atoms with van der Waals surface area (Å²) in [5.74, 6) is -0.199. The summed E-state index contributed by atoms with van der Waals surface area (Å²) in [6.07, 6.45) is 1.92. The molecule has 2 atom stereocenters. The molecule has 0 aromatic heterocycles. The van der Waals surface area contributed by atoms with E-state index in [4.69, 9.17) is 16.7 Å². The molecule has 102 valence electrons. The van der Waals surface area contributed by atoms with Gasteiger partial charge in [0.2, 0.25) is 0 Å². The summed E-state index contributed by atoms with van der Waals surface area (Å²) in [4.78, 5) is 23.0.